The molecular formula is C140H95N3O3S3. The van der Waals surface area contributed by atoms with Crippen molar-refractivity contribution in [3.63, 3.8) is 0 Å². The predicted octanol–water partition coefficient (Wildman–Crippen LogP) is 39.9. The van der Waals surface area contributed by atoms with Crippen molar-refractivity contribution >= 4 is 227 Å². The van der Waals surface area contributed by atoms with E-state index >= 15 is 0 Å². The highest BCUT2D eigenvalue weighted by molar-refractivity contribution is 7.27. The number of thiophene rings is 3. The number of para-hydroxylation sites is 5. The smallest absolute Gasteiger partial charge is 0.160 e. The second kappa shape index (κ2) is 34.0. The van der Waals surface area contributed by atoms with E-state index in [1.807, 2.05) is 34.0 Å². The van der Waals surface area contributed by atoms with Crippen LogP contribution in [0.3, 0.4) is 0 Å². The van der Waals surface area contributed by atoms with Crippen molar-refractivity contribution < 1.29 is 13.3 Å². The number of fused-ring (bicyclic) bond motifs is 30. The molecule has 0 aliphatic heterocycles. The van der Waals surface area contributed by atoms with Crippen molar-refractivity contribution in [2.24, 2.45) is 17.8 Å². The van der Waals surface area contributed by atoms with Gasteiger partial charge < -0.3 is 28.0 Å². The Morgan fingerprint density at radius 2 is 0.530 bits per heavy atom. The highest BCUT2D eigenvalue weighted by Gasteiger charge is 2.56. The van der Waals surface area contributed by atoms with E-state index in [0.717, 1.165) is 96.1 Å². The zero-order valence-corrected chi connectivity index (χ0v) is 83.9. The highest BCUT2D eigenvalue weighted by Crippen LogP contribution is 2.65. The number of hydrogen-bond acceptors (Lipinski definition) is 9. The monoisotopic (exact) mass is 1960 g/mol. The summed E-state index contributed by atoms with van der Waals surface area (Å²) < 4.78 is 28.5. The Hall–Kier alpha value is -17.2. The van der Waals surface area contributed by atoms with E-state index in [1.165, 1.54) is 220 Å². The second-order valence-corrected chi connectivity index (χ2v) is 44.7. The van der Waals surface area contributed by atoms with Crippen LogP contribution >= 0.6 is 34.0 Å². The van der Waals surface area contributed by atoms with Crippen molar-refractivity contribution in [3.8, 4) is 22.3 Å². The third-order valence-electron chi connectivity index (χ3n) is 33.5. The summed E-state index contributed by atoms with van der Waals surface area (Å²) in [4.78, 5) is 7.58. The van der Waals surface area contributed by atoms with Crippen molar-refractivity contribution in [1.82, 2.24) is 0 Å². The first-order valence-electron chi connectivity index (χ1n) is 52.2. The minimum Gasteiger partial charge on any atom is -0.454 e. The summed E-state index contributed by atoms with van der Waals surface area (Å²) in [5.41, 5.74) is 29.0. The lowest BCUT2D eigenvalue weighted by Crippen LogP contribution is -2.58. The van der Waals surface area contributed by atoms with Gasteiger partial charge >= 0.3 is 0 Å². The summed E-state index contributed by atoms with van der Waals surface area (Å²) >= 11 is 5.61. The van der Waals surface area contributed by atoms with Crippen LogP contribution in [0, 0.1) is 17.8 Å². The molecule has 4 fully saturated rings. The summed E-state index contributed by atoms with van der Waals surface area (Å²) in [7, 11) is 0. The third-order valence-corrected chi connectivity index (χ3v) is 37.2. The lowest BCUT2D eigenvalue weighted by Gasteiger charge is -2.61. The molecule has 0 atom stereocenters. The van der Waals surface area contributed by atoms with E-state index in [1.54, 1.807) is 0 Å². The lowest BCUT2D eigenvalue weighted by atomic mass is 9.52. The first kappa shape index (κ1) is 86.2. The summed E-state index contributed by atoms with van der Waals surface area (Å²) in [5.74, 6) is 2.50. The van der Waals surface area contributed by atoms with Crippen molar-refractivity contribution in [2.45, 2.75) is 54.9 Å². The van der Waals surface area contributed by atoms with Gasteiger partial charge in [0.1, 0.15) is 16.7 Å². The zero-order valence-electron chi connectivity index (χ0n) is 81.5. The van der Waals surface area contributed by atoms with Gasteiger partial charge in [0.25, 0.3) is 0 Å². The molecule has 149 heavy (non-hydrogen) atoms. The van der Waals surface area contributed by atoms with Crippen LogP contribution in [0.4, 0.5) is 45.5 Å². The predicted molar refractivity (Wildman–Crippen MR) is 628 cm³/mol. The third kappa shape index (κ3) is 13.1. The molecule has 4 bridgehead atoms. The van der Waals surface area contributed by atoms with E-state index < -0.39 is 10.8 Å². The SMILES string of the molecule is c1ccc(N(c2ccc(C3(c4ccccc4)c4ccccc4-c4ccccc43)cc2)c2cc3c4ccccc4sc3c3c2oc2ccccc23)cc1.c1ccc(N(c2ccc3c(c2)C(c2ccccc2)(c2ccccc2)c2ccccc2-3)c2cc3c4ccccc4sc3c3c2oc2ccccc23)cc1.c1ccc2c(c1)ccc1cc(N(c3cc4c5ccccc5sc4c4c3oc3ccccc34)C34CC5CC(CC(C5)C3)C4)ccc12. The maximum Gasteiger partial charge on any atom is 0.160 e. The van der Waals surface area contributed by atoms with Gasteiger partial charge in [-0.3, -0.25) is 0 Å². The summed E-state index contributed by atoms with van der Waals surface area (Å²) in [6.07, 6.45) is 8.10. The van der Waals surface area contributed by atoms with E-state index in [0.29, 0.717) is 0 Å². The lowest BCUT2D eigenvalue weighted by molar-refractivity contribution is 0.000605. The molecule has 4 saturated carbocycles. The minimum absolute atomic E-state index is 0.102. The van der Waals surface area contributed by atoms with Crippen LogP contribution in [0.2, 0.25) is 0 Å². The zero-order chi connectivity index (χ0) is 97.7. The van der Waals surface area contributed by atoms with Gasteiger partial charge in [0.05, 0.1) is 27.9 Å². The van der Waals surface area contributed by atoms with Gasteiger partial charge in [-0.15, -0.1) is 34.0 Å². The topological polar surface area (TPSA) is 49.1 Å². The first-order chi connectivity index (χ1) is 73.8. The number of hydrogen-bond donors (Lipinski definition) is 0. The fourth-order valence-corrected chi connectivity index (χ4v) is 31.7. The van der Waals surface area contributed by atoms with Gasteiger partial charge in [0.15, 0.2) is 16.7 Å². The van der Waals surface area contributed by atoms with Crippen LogP contribution in [0.25, 0.3) is 170 Å². The summed E-state index contributed by atoms with van der Waals surface area (Å²) in [6.45, 7) is 0. The molecule has 0 radical (unpaired) electrons. The van der Waals surface area contributed by atoms with Crippen LogP contribution in [-0.2, 0) is 10.8 Å². The molecule has 0 amide bonds. The van der Waals surface area contributed by atoms with Gasteiger partial charge in [0, 0.05) is 127 Å². The Morgan fingerprint density at radius 3 is 0.980 bits per heavy atom. The van der Waals surface area contributed by atoms with Crippen LogP contribution < -0.4 is 14.7 Å². The second-order valence-electron chi connectivity index (χ2n) is 41.5. The van der Waals surface area contributed by atoms with Crippen LogP contribution in [0.1, 0.15) is 83.0 Å². The average molecular weight is 1960 g/mol. The molecule has 9 heteroatoms. The van der Waals surface area contributed by atoms with Gasteiger partial charge in [-0.1, -0.05) is 370 Å². The largest absolute Gasteiger partial charge is 0.454 e. The number of anilines is 8. The van der Waals surface area contributed by atoms with Gasteiger partial charge in [0.2, 0.25) is 0 Å². The van der Waals surface area contributed by atoms with Crippen molar-refractivity contribution in [3.05, 3.63) is 530 Å². The Morgan fingerprint density at radius 1 is 0.215 bits per heavy atom. The molecule has 22 aromatic carbocycles. The Bertz CT molecular complexity index is 10100. The van der Waals surface area contributed by atoms with E-state index in [9.17, 15) is 0 Å². The molecule has 6 aliphatic carbocycles. The number of benzene rings is 22. The van der Waals surface area contributed by atoms with Crippen molar-refractivity contribution in [1.29, 1.82) is 0 Å². The average Bonchev–Trinajstić information content (AvgIpc) is 1.61. The Balaban J connectivity index is 0.000000101. The fraction of sp³-hybridized carbons (Fsp3) is 0.0857. The molecule has 6 heterocycles. The first-order valence-corrected chi connectivity index (χ1v) is 54.7. The molecule has 28 aromatic rings. The summed E-state index contributed by atoms with van der Waals surface area (Å²) in [6, 6.07) is 177. The molecule has 0 unspecified atom stereocenters. The fourth-order valence-electron chi connectivity index (χ4n) is 27.9. The van der Waals surface area contributed by atoms with E-state index in [-0.39, 0.29) is 5.54 Å². The van der Waals surface area contributed by atoms with Crippen LogP contribution in [0.5, 0.6) is 0 Å². The number of nitrogens with zero attached hydrogens (tertiary/aromatic N) is 3. The highest BCUT2D eigenvalue weighted by atomic mass is 32.1. The Labute approximate surface area is 873 Å². The molecule has 706 valence electrons. The molecule has 0 spiro atoms. The van der Waals surface area contributed by atoms with Crippen LogP contribution in [0.15, 0.2) is 499 Å². The van der Waals surface area contributed by atoms with E-state index in [4.69, 9.17) is 13.3 Å². The van der Waals surface area contributed by atoms with E-state index in [2.05, 4.69) is 500 Å². The minimum atomic E-state index is -0.505. The molecule has 34 rings (SSSR count). The Kier molecular flexibility index (Phi) is 19.6. The standard InChI is InChI=1S/2C49H31NOS.C42H33NOS/c1-4-16-32(17-5-1)49(33-18-6-2-7-19-33)41-25-13-10-22-36(41)37-29-28-35(30-42(37)49)50(34-20-8-3-9-21-34)43-31-40-38-23-12-15-27-45(38)52-48(40)46-39-24-11-14-26-44(39)51-47(43)46;1-3-15-32(16-4-1)49(41-23-11-7-19-36(41)37-20-8-12-24-42(37)49)33-27-29-35(30-28-33)50(34-17-5-2-6-18-34)43-31-40-38-21-10-14-26-45(38)52-48(40)46-39-22-9-13-25-44(39)51-47(43)46;1-2-8-31-28(7-1)13-14-29-20-30(15-16-32(29)31)43(42-22-25-17-26(23-42)19-27(18-25)24-42)36-21-35-33-9-4-6-12-38(33)45-41(35)39-34-10-3-5-11-37(34)44-40(36)39/h2*1-31H;1-16,20-21,25-27H,17-19,22-24H2. The summed E-state index contributed by atoms with van der Waals surface area (Å²) in [5, 5.41) is 20.1. The maximum atomic E-state index is 6.96. The van der Waals surface area contributed by atoms with Gasteiger partial charge in [-0.2, -0.15) is 0 Å². The number of rotatable bonds is 13. The maximum absolute atomic E-state index is 6.96. The molecule has 0 N–H and O–H groups in total. The number of furan rings is 3. The molecule has 6 aliphatic rings. The molecule has 6 aromatic heterocycles. The van der Waals surface area contributed by atoms with Gasteiger partial charge in [-0.05, 0) is 260 Å². The molecule has 0 saturated heterocycles. The normalized spacial score (nSPS) is 16.5. The molecule has 6 nitrogen and oxygen atoms in total. The van der Waals surface area contributed by atoms with Crippen molar-refractivity contribution in [2.75, 3.05) is 14.7 Å². The van der Waals surface area contributed by atoms with Crippen LogP contribution in [-0.4, -0.2) is 5.54 Å². The quantitative estimate of drug-likeness (QED) is 0.107. The van der Waals surface area contributed by atoms with Gasteiger partial charge in [-0.25, -0.2) is 0 Å². The molecular weight excluding hydrogens is 1870 g/mol.